The van der Waals surface area contributed by atoms with Gasteiger partial charge in [0.1, 0.15) is 0 Å². The third kappa shape index (κ3) is 6.39. The Bertz CT molecular complexity index is 784. The third-order valence-corrected chi connectivity index (χ3v) is 5.78. The van der Waals surface area contributed by atoms with Crippen molar-refractivity contribution in [3.8, 4) is 0 Å². The minimum Gasteiger partial charge on any atom is -0.388 e. The van der Waals surface area contributed by atoms with Gasteiger partial charge >= 0.3 is 0 Å². The quantitative estimate of drug-likeness (QED) is 0.683. The van der Waals surface area contributed by atoms with Gasteiger partial charge in [0, 0.05) is 25.6 Å². The fourth-order valence-electron chi connectivity index (χ4n) is 2.02. The van der Waals surface area contributed by atoms with Crippen molar-refractivity contribution in [1.82, 2.24) is 4.90 Å². The highest BCUT2D eigenvalue weighted by molar-refractivity contribution is 7.91. The minimum absolute atomic E-state index is 0.0622. The van der Waals surface area contributed by atoms with Gasteiger partial charge in [-0.25, -0.2) is 16.8 Å². The molecule has 0 aliphatic rings. The van der Waals surface area contributed by atoms with Crippen molar-refractivity contribution in [1.29, 1.82) is 0 Å². The molecule has 1 aromatic carbocycles. The Kier molecular flexibility index (Phi) is 6.43. The number of sulfone groups is 2. The van der Waals surface area contributed by atoms with Crippen LogP contribution >= 0.6 is 0 Å². The van der Waals surface area contributed by atoms with Crippen LogP contribution in [0.3, 0.4) is 0 Å². The monoisotopic (exact) mass is 378 g/mol. The van der Waals surface area contributed by atoms with Gasteiger partial charge in [-0.3, -0.25) is 0 Å². The maximum Gasteiger partial charge on any atom is 0.177 e. The van der Waals surface area contributed by atoms with Crippen LogP contribution in [0.5, 0.6) is 0 Å². The summed E-state index contributed by atoms with van der Waals surface area (Å²) in [6.45, 7) is 2.48. The lowest BCUT2D eigenvalue weighted by molar-refractivity contribution is 0.0568. The molecule has 0 radical (unpaired) electrons. The minimum atomic E-state index is -3.63. The van der Waals surface area contributed by atoms with Crippen LogP contribution in [0.15, 0.2) is 28.0 Å². The fraction of sp³-hybridized carbons (Fsp3) is 0.600. The highest BCUT2D eigenvalue weighted by Gasteiger charge is 2.23. The maximum atomic E-state index is 12.0. The van der Waals surface area contributed by atoms with E-state index in [0.717, 1.165) is 18.6 Å². The standard InChI is InChI=1S/C15H26N2O5S2/c1-15(18,8-9-17(2)3)11-16-13-7-6-12(23(4,19)20)10-14(13)24(5,21)22/h6-7,10,16,18H,8-9,11H2,1-5H3/t15-/m0/s1. The van der Waals surface area contributed by atoms with Crippen molar-refractivity contribution in [2.45, 2.75) is 28.7 Å². The van der Waals surface area contributed by atoms with Gasteiger partial charge < -0.3 is 15.3 Å². The van der Waals surface area contributed by atoms with Crippen molar-refractivity contribution >= 4 is 25.4 Å². The molecule has 24 heavy (non-hydrogen) atoms. The number of anilines is 1. The topological polar surface area (TPSA) is 104 Å². The van der Waals surface area contributed by atoms with Crippen LogP contribution in [0.2, 0.25) is 0 Å². The van der Waals surface area contributed by atoms with Crippen molar-refractivity contribution in [2.75, 3.05) is 45.0 Å². The number of rotatable bonds is 8. The van der Waals surface area contributed by atoms with Crippen LogP contribution in [0.1, 0.15) is 13.3 Å². The Labute approximate surface area is 144 Å². The van der Waals surface area contributed by atoms with E-state index < -0.39 is 25.3 Å². The van der Waals surface area contributed by atoms with E-state index in [1.807, 2.05) is 19.0 Å². The van der Waals surface area contributed by atoms with Crippen molar-refractivity contribution in [3.63, 3.8) is 0 Å². The summed E-state index contributed by atoms with van der Waals surface area (Å²) in [4.78, 5) is 1.78. The molecule has 7 nitrogen and oxygen atoms in total. The van der Waals surface area contributed by atoms with Crippen LogP contribution in [0.25, 0.3) is 0 Å². The zero-order chi connectivity index (χ0) is 18.8. The molecule has 0 saturated carbocycles. The number of hydrogen-bond donors (Lipinski definition) is 2. The second-order valence-corrected chi connectivity index (χ2v) is 10.6. The Balaban J connectivity index is 3.08. The highest BCUT2D eigenvalue weighted by Crippen LogP contribution is 2.26. The molecule has 0 aromatic heterocycles. The molecule has 0 fully saturated rings. The predicted molar refractivity (Wildman–Crippen MR) is 94.9 cm³/mol. The van der Waals surface area contributed by atoms with E-state index in [-0.39, 0.29) is 22.0 Å². The molecule has 0 saturated heterocycles. The summed E-state index contributed by atoms with van der Waals surface area (Å²) in [5, 5.41) is 13.3. The first-order valence-corrected chi connectivity index (χ1v) is 11.2. The summed E-state index contributed by atoms with van der Waals surface area (Å²) < 4.78 is 47.2. The van der Waals surface area contributed by atoms with Crippen molar-refractivity contribution < 1.29 is 21.9 Å². The van der Waals surface area contributed by atoms with Gasteiger partial charge in [0.05, 0.1) is 21.1 Å². The molecule has 2 N–H and O–H groups in total. The number of benzene rings is 1. The largest absolute Gasteiger partial charge is 0.388 e. The number of aliphatic hydroxyl groups is 1. The molecule has 0 amide bonds. The van der Waals surface area contributed by atoms with Crippen LogP contribution in [0, 0.1) is 0 Å². The zero-order valence-electron chi connectivity index (χ0n) is 14.7. The summed E-state index contributed by atoms with van der Waals surface area (Å²) in [6.07, 6.45) is 2.54. The number of nitrogens with one attached hydrogen (secondary N) is 1. The molecule has 0 aliphatic carbocycles. The molecule has 1 aromatic rings. The molecule has 138 valence electrons. The van der Waals surface area contributed by atoms with Gasteiger partial charge in [-0.15, -0.1) is 0 Å². The first-order valence-electron chi connectivity index (χ1n) is 7.37. The van der Waals surface area contributed by atoms with E-state index in [2.05, 4.69) is 5.32 Å². The molecular weight excluding hydrogens is 352 g/mol. The lowest BCUT2D eigenvalue weighted by Crippen LogP contribution is -2.36. The van der Waals surface area contributed by atoms with E-state index in [1.54, 1.807) is 6.92 Å². The van der Waals surface area contributed by atoms with E-state index in [4.69, 9.17) is 0 Å². The third-order valence-electron chi connectivity index (χ3n) is 3.54. The SMILES string of the molecule is CN(C)CC[C@](C)(O)CNc1ccc(S(C)(=O)=O)cc1S(C)(=O)=O. The van der Waals surface area contributed by atoms with Crippen LogP contribution in [0.4, 0.5) is 5.69 Å². The van der Waals surface area contributed by atoms with Crippen molar-refractivity contribution in [2.24, 2.45) is 0 Å². The summed E-state index contributed by atoms with van der Waals surface area (Å²) >= 11 is 0. The molecule has 0 spiro atoms. The van der Waals surface area contributed by atoms with Gasteiger partial charge in [0.2, 0.25) is 0 Å². The molecular formula is C15H26N2O5S2. The average molecular weight is 379 g/mol. The van der Waals surface area contributed by atoms with E-state index in [9.17, 15) is 21.9 Å². The Morgan fingerprint density at radius 3 is 2.17 bits per heavy atom. The molecule has 0 unspecified atom stereocenters. The molecule has 0 aliphatic heterocycles. The van der Waals surface area contributed by atoms with Gasteiger partial charge in [-0.2, -0.15) is 0 Å². The maximum absolute atomic E-state index is 12.0. The number of hydrogen-bond acceptors (Lipinski definition) is 7. The van der Waals surface area contributed by atoms with Crippen LogP contribution < -0.4 is 5.32 Å². The number of nitrogens with zero attached hydrogens (tertiary/aromatic N) is 1. The predicted octanol–water partition coefficient (Wildman–Crippen LogP) is 0.608. The summed E-state index contributed by atoms with van der Waals surface area (Å²) in [6, 6.07) is 3.90. The van der Waals surface area contributed by atoms with Crippen molar-refractivity contribution in [3.05, 3.63) is 18.2 Å². The zero-order valence-corrected chi connectivity index (χ0v) is 16.3. The first kappa shape index (κ1) is 20.9. The van der Waals surface area contributed by atoms with Gasteiger partial charge in [-0.1, -0.05) is 0 Å². The highest BCUT2D eigenvalue weighted by atomic mass is 32.2. The first-order chi connectivity index (χ1) is 10.7. The summed E-state index contributed by atoms with van der Waals surface area (Å²) in [7, 11) is -3.34. The smallest absolute Gasteiger partial charge is 0.177 e. The van der Waals surface area contributed by atoms with E-state index in [0.29, 0.717) is 13.0 Å². The Morgan fingerprint density at radius 1 is 1.12 bits per heavy atom. The lowest BCUT2D eigenvalue weighted by atomic mass is 10.0. The second-order valence-electron chi connectivity index (χ2n) is 6.61. The molecule has 1 atom stereocenters. The van der Waals surface area contributed by atoms with Crippen LogP contribution in [-0.4, -0.2) is 72.1 Å². The molecule has 0 heterocycles. The van der Waals surface area contributed by atoms with Gasteiger partial charge in [0.15, 0.2) is 19.7 Å². The molecule has 0 bridgehead atoms. The lowest BCUT2D eigenvalue weighted by Gasteiger charge is -2.26. The second kappa shape index (κ2) is 7.38. The van der Waals surface area contributed by atoms with Gasteiger partial charge in [0.25, 0.3) is 0 Å². The van der Waals surface area contributed by atoms with Gasteiger partial charge in [-0.05, 0) is 45.6 Å². The normalized spacial score (nSPS) is 15.3. The fourth-order valence-corrected chi connectivity index (χ4v) is 3.63. The molecule has 1 rings (SSSR count). The Hall–Kier alpha value is -1.16. The molecule has 9 heteroatoms. The van der Waals surface area contributed by atoms with Crippen LogP contribution in [-0.2, 0) is 19.7 Å². The van der Waals surface area contributed by atoms with E-state index >= 15 is 0 Å². The van der Waals surface area contributed by atoms with E-state index in [1.165, 1.54) is 12.1 Å². The summed E-state index contributed by atoms with van der Waals surface area (Å²) in [5.74, 6) is 0. The Morgan fingerprint density at radius 2 is 1.71 bits per heavy atom. The average Bonchev–Trinajstić information content (AvgIpc) is 2.41. The summed E-state index contributed by atoms with van der Waals surface area (Å²) in [5.41, 5.74) is -0.760.